The number of rotatable bonds is 8. The second-order valence-electron chi connectivity index (χ2n) is 6.87. The Morgan fingerprint density at radius 3 is 2.60 bits per heavy atom. The molecule has 0 unspecified atom stereocenters. The van der Waals surface area contributed by atoms with Crippen molar-refractivity contribution in [1.82, 2.24) is 14.5 Å². The largest absolute Gasteiger partial charge is 0.507 e. The van der Waals surface area contributed by atoms with E-state index in [0.717, 1.165) is 4.57 Å². The van der Waals surface area contributed by atoms with Crippen molar-refractivity contribution in [2.75, 3.05) is 13.1 Å². The number of Topliss-reactive ketones (excluding diaryl/α,β-unsaturated/α-hetero) is 1. The summed E-state index contributed by atoms with van der Waals surface area (Å²) in [7, 11) is 1.45. The molecular formula is C21H22N4O5. The Bertz CT molecular complexity index is 1240. The second-order valence-corrected chi connectivity index (χ2v) is 6.87. The highest BCUT2D eigenvalue weighted by atomic mass is 16.3. The summed E-state index contributed by atoms with van der Waals surface area (Å²) in [5, 5.41) is 13.1. The minimum atomic E-state index is -0.815. The van der Waals surface area contributed by atoms with Crippen molar-refractivity contribution < 1.29 is 14.7 Å². The summed E-state index contributed by atoms with van der Waals surface area (Å²) in [6.07, 6.45) is 0.553. The molecule has 30 heavy (non-hydrogen) atoms. The number of primary amides is 1. The molecule has 0 spiro atoms. The van der Waals surface area contributed by atoms with E-state index in [1.165, 1.54) is 25.2 Å². The molecule has 156 valence electrons. The maximum absolute atomic E-state index is 12.5. The number of hydrogen-bond acceptors (Lipinski definition) is 6. The molecule has 2 aromatic carbocycles. The summed E-state index contributed by atoms with van der Waals surface area (Å²) in [4.78, 5) is 48.3. The predicted octanol–water partition coefficient (Wildman–Crippen LogP) is 0.367. The average Bonchev–Trinajstić information content (AvgIpc) is 2.74. The Kier molecular flexibility index (Phi) is 6.12. The number of amides is 1. The summed E-state index contributed by atoms with van der Waals surface area (Å²) in [5.74, 6) is -1.35. The van der Waals surface area contributed by atoms with Gasteiger partial charge in [0.15, 0.2) is 5.78 Å². The van der Waals surface area contributed by atoms with E-state index in [4.69, 9.17) is 5.73 Å². The summed E-state index contributed by atoms with van der Waals surface area (Å²) in [6, 6.07) is 10.9. The Labute approximate surface area is 171 Å². The summed E-state index contributed by atoms with van der Waals surface area (Å²) < 4.78 is 2.62. The SMILES string of the molecule is Cn1c(=O)c2ccccc2n(CCCNCC(=O)c2ccc(O)c(C(N)=O)c2)c1=O. The third-order valence-corrected chi connectivity index (χ3v) is 4.85. The van der Waals surface area contributed by atoms with E-state index in [9.17, 15) is 24.3 Å². The number of aryl methyl sites for hydroxylation is 1. The average molecular weight is 410 g/mol. The van der Waals surface area contributed by atoms with Gasteiger partial charge in [-0.2, -0.15) is 0 Å². The zero-order chi connectivity index (χ0) is 21.8. The van der Waals surface area contributed by atoms with Crippen LogP contribution in [-0.2, 0) is 13.6 Å². The molecular weight excluding hydrogens is 388 g/mol. The molecule has 0 fully saturated rings. The van der Waals surface area contributed by atoms with Gasteiger partial charge >= 0.3 is 5.69 Å². The van der Waals surface area contributed by atoms with Crippen LogP contribution in [0.2, 0.25) is 0 Å². The van der Waals surface area contributed by atoms with E-state index in [2.05, 4.69) is 5.32 Å². The number of carbonyl (C=O) groups is 2. The van der Waals surface area contributed by atoms with Crippen LogP contribution in [0.4, 0.5) is 0 Å². The molecule has 9 heteroatoms. The quantitative estimate of drug-likeness (QED) is 0.362. The normalized spacial score (nSPS) is 11.0. The molecule has 0 bridgehead atoms. The van der Waals surface area contributed by atoms with Crippen molar-refractivity contribution in [1.29, 1.82) is 0 Å². The lowest BCUT2D eigenvalue weighted by molar-refractivity contribution is 0.0991. The number of para-hydroxylation sites is 1. The molecule has 0 aliphatic rings. The lowest BCUT2D eigenvalue weighted by Crippen LogP contribution is -2.38. The summed E-state index contributed by atoms with van der Waals surface area (Å²) in [6.45, 7) is 0.849. The van der Waals surface area contributed by atoms with Crippen LogP contribution in [0.5, 0.6) is 5.75 Å². The van der Waals surface area contributed by atoms with Gasteiger partial charge in [0.1, 0.15) is 5.75 Å². The fourth-order valence-corrected chi connectivity index (χ4v) is 3.23. The maximum Gasteiger partial charge on any atom is 0.331 e. The summed E-state index contributed by atoms with van der Waals surface area (Å²) in [5.41, 5.74) is 5.17. The van der Waals surface area contributed by atoms with E-state index >= 15 is 0 Å². The minimum Gasteiger partial charge on any atom is -0.507 e. The third kappa shape index (κ3) is 4.15. The number of aromatic hydroxyl groups is 1. The first kappa shape index (κ1) is 21.0. The van der Waals surface area contributed by atoms with Crippen LogP contribution in [0.1, 0.15) is 27.1 Å². The molecule has 0 atom stereocenters. The Morgan fingerprint density at radius 2 is 1.87 bits per heavy atom. The minimum absolute atomic E-state index is 0.0197. The first-order valence-electron chi connectivity index (χ1n) is 9.36. The van der Waals surface area contributed by atoms with Gasteiger partial charge in [0, 0.05) is 19.2 Å². The Morgan fingerprint density at radius 1 is 1.13 bits per heavy atom. The van der Waals surface area contributed by atoms with E-state index in [-0.39, 0.29) is 34.8 Å². The van der Waals surface area contributed by atoms with Gasteiger partial charge in [-0.3, -0.25) is 23.5 Å². The predicted molar refractivity (Wildman–Crippen MR) is 112 cm³/mol. The summed E-state index contributed by atoms with van der Waals surface area (Å²) >= 11 is 0. The van der Waals surface area contributed by atoms with Gasteiger partial charge in [0.25, 0.3) is 11.5 Å². The zero-order valence-corrected chi connectivity index (χ0v) is 16.4. The molecule has 0 saturated carbocycles. The molecule has 4 N–H and O–H groups in total. The first-order chi connectivity index (χ1) is 14.3. The van der Waals surface area contributed by atoms with Crippen molar-refractivity contribution in [3.63, 3.8) is 0 Å². The van der Waals surface area contributed by atoms with Crippen LogP contribution in [-0.4, -0.2) is 39.0 Å². The van der Waals surface area contributed by atoms with Crippen molar-refractivity contribution in [3.8, 4) is 5.75 Å². The molecule has 0 aliphatic carbocycles. The first-order valence-corrected chi connectivity index (χ1v) is 9.36. The highest BCUT2D eigenvalue weighted by molar-refractivity contribution is 6.02. The fourth-order valence-electron chi connectivity index (χ4n) is 3.23. The maximum atomic E-state index is 12.5. The van der Waals surface area contributed by atoms with E-state index in [1.807, 2.05) is 0 Å². The molecule has 0 radical (unpaired) electrons. The standard InChI is InChI=1S/C21H22N4O5/c1-24-20(29)14-5-2-3-6-16(14)25(21(24)30)10-4-9-23-12-18(27)13-7-8-17(26)15(11-13)19(22)28/h2-3,5-8,11,23,26H,4,9-10,12H2,1H3,(H2,22,28). The zero-order valence-electron chi connectivity index (χ0n) is 16.4. The molecule has 3 aromatic rings. The number of nitrogens with two attached hydrogens (primary N) is 1. The number of aromatic nitrogens is 2. The molecule has 1 heterocycles. The molecule has 9 nitrogen and oxygen atoms in total. The van der Waals surface area contributed by atoms with Crippen LogP contribution in [0.3, 0.4) is 0 Å². The Balaban J connectivity index is 1.62. The third-order valence-electron chi connectivity index (χ3n) is 4.85. The number of phenols is 1. The number of hydrogen-bond donors (Lipinski definition) is 3. The van der Waals surface area contributed by atoms with Gasteiger partial charge in [0.2, 0.25) is 0 Å². The number of ketones is 1. The van der Waals surface area contributed by atoms with Crippen LogP contribution < -0.4 is 22.3 Å². The molecule has 1 amide bonds. The van der Waals surface area contributed by atoms with E-state index in [0.29, 0.717) is 30.4 Å². The lowest BCUT2D eigenvalue weighted by atomic mass is 10.1. The molecule has 1 aromatic heterocycles. The van der Waals surface area contributed by atoms with Gasteiger partial charge in [-0.1, -0.05) is 12.1 Å². The van der Waals surface area contributed by atoms with Crippen LogP contribution in [0, 0.1) is 0 Å². The molecule has 0 aliphatic heterocycles. The van der Waals surface area contributed by atoms with Crippen molar-refractivity contribution >= 4 is 22.6 Å². The lowest BCUT2D eigenvalue weighted by Gasteiger charge is -2.12. The van der Waals surface area contributed by atoms with Gasteiger partial charge < -0.3 is 16.2 Å². The molecule has 3 rings (SSSR count). The highest BCUT2D eigenvalue weighted by Gasteiger charge is 2.13. The van der Waals surface area contributed by atoms with Crippen LogP contribution >= 0.6 is 0 Å². The van der Waals surface area contributed by atoms with Crippen LogP contribution in [0.25, 0.3) is 10.9 Å². The van der Waals surface area contributed by atoms with Crippen molar-refractivity contribution in [3.05, 3.63) is 74.4 Å². The highest BCUT2D eigenvalue weighted by Crippen LogP contribution is 2.18. The smallest absolute Gasteiger partial charge is 0.331 e. The van der Waals surface area contributed by atoms with Gasteiger partial charge in [-0.15, -0.1) is 0 Å². The van der Waals surface area contributed by atoms with E-state index < -0.39 is 11.6 Å². The number of benzene rings is 2. The van der Waals surface area contributed by atoms with Gasteiger partial charge in [-0.25, -0.2) is 4.79 Å². The van der Waals surface area contributed by atoms with Crippen LogP contribution in [0.15, 0.2) is 52.1 Å². The number of fused-ring (bicyclic) bond motifs is 1. The topological polar surface area (TPSA) is 136 Å². The second kappa shape index (κ2) is 8.75. The van der Waals surface area contributed by atoms with Crippen molar-refractivity contribution in [2.24, 2.45) is 12.8 Å². The number of nitrogens with zero attached hydrogens (tertiary/aromatic N) is 2. The fraction of sp³-hybridized carbons (Fsp3) is 0.238. The van der Waals surface area contributed by atoms with Gasteiger partial charge in [0.05, 0.1) is 23.0 Å². The monoisotopic (exact) mass is 410 g/mol. The number of carbonyl (C=O) groups excluding carboxylic acids is 2. The van der Waals surface area contributed by atoms with Gasteiger partial charge in [-0.05, 0) is 43.3 Å². The number of nitrogens with one attached hydrogen (secondary N) is 1. The van der Waals surface area contributed by atoms with Crippen molar-refractivity contribution in [2.45, 2.75) is 13.0 Å². The Hall–Kier alpha value is -3.72. The molecule has 0 saturated heterocycles. The van der Waals surface area contributed by atoms with E-state index in [1.54, 1.807) is 28.8 Å².